The van der Waals surface area contributed by atoms with Crippen LogP contribution in [0.3, 0.4) is 0 Å². The van der Waals surface area contributed by atoms with E-state index in [0.29, 0.717) is 6.04 Å². The molecule has 2 rings (SSSR count). The van der Waals surface area contributed by atoms with Gasteiger partial charge in [-0.3, -0.25) is 0 Å². The summed E-state index contributed by atoms with van der Waals surface area (Å²) in [6.07, 6.45) is 3.87. The summed E-state index contributed by atoms with van der Waals surface area (Å²) in [5.74, 6) is 1.63. The first-order valence-corrected chi connectivity index (χ1v) is 7.69. The minimum atomic E-state index is -0.410. The third kappa shape index (κ3) is 3.54. The third-order valence-electron chi connectivity index (χ3n) is 4.44. The molecule has 0 amide bonds. The van der Waals surface area contributed by atoms with Crippen molar-refractivity contribution >= 4 is 5.69 Å². The van der Waals surface area contributed by atoms with Gasteiger partial charge in [-0.25, -0.2) is 0 Å². The molecule has 1 N–H and O–H groups in total. The highest BCUT2D eigenvalue weighted by molar-refractivity contribution is 5.47. The fourth-order valence-corrected chi connectivity index (χ4v) is 3.35. The molecule has 1 fully saturated rings. The van der Waals surface area contributed by atoms with Crippen LogP contribution in [-0.4, -0.2) is 6.04 Å². The summed E-state index contributed by atoms with van der Waals surface area (Å²) < 4.78 is 0. The molecule has 20 heavy (non-hydrogen) atoms. The Balaban J connectivity index is 2.03. The van der Waals surface area contributed by atoms with E-state index in [2.05, 4.69) is 49.5 Å². The zero-order valence-electron chi connectivity index (χ0n) is 13.1. The molecule has 1 aromatic carbocycles. The molecule has 1 aromatic rings. The molecule has 0 heterocycles. The highest BCUT2D eigenvalue weighted by atomic mass is 14.9. The number of hydrogen-bond donors (Lipinski definition) is 1. The SMILES string of the molecule is CC1CC(C)CC(Nc2ccc(C(C)(C)C#N)cc2)C1. The average molecular weight is 270 g/mol. The Morgan fingerprint density at radius 1 is 1.05 bits per heavy atom. The summed E-state index contributed by atoms with van der Waals surface area (Å²) in [5.41, 5.74) is 1.84. The summed E-state index contributed by atoms with van der Waals surface area (Å²) in [6, 6.07) is 11.3. The van der Waals surface area contributed by atoms with Crippen LogP contribution in [0.15, 0.2) is 24.3 Å². The highest BCUT2D eigenvalue weighted by Crippen LogP contribution is 2.31. The first-order chi connectivity index (χ1) is 9.40. The van der Waals surface area contributed by atoms with Gasteiger partial charge in [-0.1, -0.05) is 26.0 Å². The van der Waals surface area contributed by atoms with Crippen molar-refractivity contribution < 1.29 is 0 Å². The van der Waals surface area contributed by atoms with Gasteiger partial charge in [0, 0.05) is 11.7 Å². The number of nitrogens with zero attached hydrogens (tertiary/aromatic N) is 1. The standard InChI is InChI=1S/C18H26N2/c1-13-9-14(2)11-17(10-13)20-16-7-5-15(6-8-16)18(3,4)12-19/h5-8,13-14,17,20H,9-11H2,1-4H3. The van der Waals surface area contributed by atoms with Gasteiger partial charge in [0.15, 0.2) is 0 Å². The van der Waals surface area contributed by atoms with Crippen molar-refractivity contribution in [1.82, 2.24) is 0 Å². The molecule has 1 saturated carbocycles. The van der Waals surface area contributed by atoms with Crippen LogP contribution in [0.4, 0.5) is 5.69 Å². The van der Waals surface area contributed by atoms with E-state index in [4.69, 9.17) is 0 Å². The third-order valence-corrected chi connectivity index (χ3v) is 4.44. The smallest absolute Gasteiger partial charge is 0.0766 e. The van der Waals surface area contributed by atoms with E-state index < -0.39 is 5.41 Å². The molecule has 0 bridgehead atoms. The summed E-state index contributed by atoms with van der Waals surface area (Å²) in [7, 11) is 0. The van der Waals surface area contributed by atoms with Crippen LogP contribution in [0, 0.1) is 23.2 Å². The van der Waals surface area contributed by atoms with Crippen molar-refractivity contribution in [2.45, 2.75) is 58.4 Å². The Kier molecular flexibility index (Phi) is 4.38. The van der Waals surface area contributed by atoms with Crippen LogP contribution in [0.25, 0.3) is 0 Å². The van der Waals surface area contributed by atoms with E-state index in [9.17, 15) is 5.26 Å². The lowest BCUT2D eigenvalue weighted by atomic mass is 9.80. The van der Waals surface area contributed by atoms with Gasteiger partial charge >= 0.3 is 0 Å². The van der Waals surface area contributed by atoms with E-state index >= 15 is 0 Å². The second-order valence-electron chi connectivity index (χ2n) is 7.07. The van der Waals surface area contributed by atoms with Crippen LogP contribution in [0.1, 0.15) is 52.5 Å². The van der Waals surface area contributed by atoms with Crippen molar-refractivity contribution in [2.24, 2.45) is 11.8 Å². The number of nitrogens with one attached hydrogen (secondary N) is 1. The lowest BCUT2D eigenvalue weighted by molar-refractivity contribution is 0.281. The fraction of sp³-hybridized carbons (Fsp3) is 0.611. The second-order valence-corrected chi connectivity index (χ2v) is 7.07. The predicted octanol–water partition coefficient (Wildman–Crippen LogP) is 4.72. The summed E-state index contributed by atoms with van der Waals surface area (Å²) >= 11 is 0. The molecule has 1 aliphatic rings. The van der Waals surface area contributed by atoms with Gasteiger partial charge in [-0.15, -0.1) is 0 Å². The zero-order chi connectivity index (χ0) is 14.8. The Hall–Kier alpha value is -1.49. The normalized spacial score (nSPS) is 26.9. The van der Waals surface area contributed by atoms with Crippen molar-refractivity contribution in [3.8, 4) is 6.07 Å². The van der Waals surface area contributed by atoms with Crippen molar-refractivity contribution in [2.75, 3.05) is 5.32 Å². The minimum absolute atomic E-state index is 0.410. The number of benzene rings is 1. The van der Waals surface area contributed by atoms with E-state index in [0.717, 1.165) is 17.4 Å². The average Bonchev–Trinajstić information content (AvgIpc) is 2.38. The highest BCUT2D eigenvalue weighted by Gasteiger charge is 2.24. The molecule has 0 aromatic heterocycles. The second kappa shape index (κ2) is 5.87. The lowest BCUT2D eigenvalue weighted by Gasteiger charge is -2.32. The summed E-state index contributed by atoms with van der Waals surface area (Å²) in [6.45, 7) is 8.62. The quantitative estimate of drug-likeness (QED) is 0.862. The number of nitriles is 1. The molecule has 108 valence electrons. The molecule has 0 aliphatic heterocycles. The fourth-order valence-electron chi connectivity index (χ4n) is 3.35. The number of anilines is 1. The van der Waals surface area contributed by atoms with E-state index in [1.807, 2.05) is 13.8 Å². The Labute approximate surface area is 123 Å². The van der Waals surface area contributed by atoms with Crippen LogP contribution in [0.5, 0.6) is 0 Å². The van der Waals surface area contributed by atoms with E-state index in [-0.39, 0.29) is 0 Å². The Morgan fingerprint density at radius 2 is 1.60 bits per heavy atom. The van der Waals surface area contributed by atoms with Gasteiger partial charge in [0.25, 0.3) is 0 Å². The van der Waals surface area contributed by atoms with E-state index in [1.165, 1.54) is 24.9 Å². The molecule has 0 spiro atoms. The number of hydrogen-bond acceptors (Lipinski definition) is 2. The molecular weight excluding hydrogens is 244 g/mol. The molecule has 1 aliphatic carbocycles. The van der Waals surface area contributed by atoms with Gasteiger partial charge in [-0.05, 0) is 62.6 Å². The van der Waals surface area contributed by atoms with Crippen molar-refractivity contribution in [1.29, 1.82) is 5.26 Å². The van der Waals surface area contributed by atoms with Gasteiger partial charge in [-0.2, -0.15) is 5.26 Å². The molecule has 2 nitrogen and oxygen atoms in total. The Bertz CT molecular complexity index is 471. The first-order valence-electron chi connectivity index (χ1n) is 7.69. The predicted molar refractivity (Wildman–Crippen MR) is 84.7 cm³/mol. The van der Waals surface area contributed by atoms with Crippen molar-refractivity contribution in [3.05, 3.63) is 29.8 Å². The topological polar surface area (TPSA) is 35.8 Å². The minimum Gasteiger partial charge on any atom is -0.382 e. The molecule has 2 atom stereocenters. The van der Waals surface area contributed by atoms with Crippen molar-refractivity contribution in [3.63, 3.8) is 0 Å². The molecule has 2 heteroatoms. The molecule has 0 radical (unpaired) electrons. The van der Waals surface area contributed by atoms with Crippen LogP contribution in [-0.2, 0) is 5.41 Å². The summed E-state index contributed by atoms with van der Waals surface area (Å²) in [5, 5.41) is 12.8. The summed E-state index contributed by atoms with van der Waals surface area (Å²) in [4.78, 5) is 0. The molecular formula is C18H26N2. The monoisotopic (exact) mass is 270 g/mol. The van der Waals surface area contributed by atoms with Gasteiger partial charge in [0.1, 0.15) is 0 Å². The Morgan fingerprint density at radius 3 is 2.10 bits per heavy atom. The van der Waals surface area contributed by atoms with Crippen LogP contribution < -0.4 is 5.32 Å². The van der Waals surface area contributed by atoms with Gasteiger partial charge < -0.3 is 5.32 Å². The maximum Gasteiger partial charge on any atom is 0.0766 e. The van der Waals surface area contributed by atoms with E-state index in [1.54, 1.807) is 0 Å². The maximum atomic E-state index is 9.17. The van der Waals surface area contributed by atoms with Gasteiger partial charge in [0.05, 0.1) is 11.5 Å². The lowest BCUT2D eigenvalue weighted by Crippen LogP contribution is -2.30. The van der Waals surface area contributed by atoms with Crippen LogP contribution >= 0.6 is 0 Å². The maximum absolute atomic E-state index is 9.17. The largest absolute Gasteiger partial charge is 0.382 e. The zero-order valence-corrected chi connectivity index (χ0v) is 13.1. The van der Waals surface area contributed by atoms with Gasteiger partial charge in [0.2, 0.25) is 0 Å². The molecule has 2 unspecified atom stereocenters. The molecule has 0 saturated heterocycles. The van der Waals surface area contributed by atoms with Crippen LogP contribution in [0.2, 0.25) is 0 Å². The number of rotatable bonds is 3. The first kappa shape index (κ1) is 14.9.